The van der Waals surface area contributed by atoms with E-state index >= 15 is 0 Å². The van der Waals surface area contributed by atoms with Gasteiger partial charge in [0.2, 0.25) is 11.8 Å². The molecule has 3 N–H and O–H groups in total. The maximum atomic E-state index is 12.5. The molecule has 24 heavy (non-hydrogen) atoms. The van der Waals surface area contributed by atoms with Gasteiger partial charge in [0.25, 0.3) is 0 Å². The number of hydrogen-bond donors (Lipinski definition) is 3. The zero-order valence-corrected chi connectivity index (χ0v) is 14.6. The van der Waals surface area contributed by atoms with Crippen LogP contribution in [0.3, 0.4) is 0 Å². The molecule has 1 atom stereocenters. The number of nitrogens with one attached hydrogen (secondary N) is 3. The van der Waals surface area contributed by atoms with Crippen molar-refractivity contribution in [3.05, 3.63) is 0 Å². The predicted octanol–water partition coefficient (Wildman–Crippen LogP) is 0.993. The largest absolute Gasteiger partial charge is 0.353 e. The summed E-state index contributed by atoms with van der Waals surface area (Å²) in [6, 6.07) is -0.145. The van der Waals surface area contributed by atoms with E-state index in [1.165, 1.54) is 19.3 Å². The van der Waals surface area contributed by atoms with Crippen LogP contribution in [0.25, 0.3) is 0 Å². The Bertz CT molecular complexity index is 449. The number of carbonyl (C=O) groups is 3. The molecule has 1 heterocycles. The van der Waals surface area contributed by atoms with Gasteiger partial charge in [0.15, 0.2) is 0 Å². The minimum absolute atomic E-state index is 0.0575. The van der Waals surface area contributed by atoms with Gasteiger partial charge in [-0.1, -0.05) is 19.3 Å². The van der Waals surface area contributed by atoms with Crippen LogP contribution in [0, 0.1) is 5.92 Å². The average molecular weight is 338 g/mol. The highest BCUT2D eigenvalue weighted by Gasteiger charge is 2.28. The first-order valence-corrected chi connectivity index (χ1v) is 9.19. The number of amides is 4. The summed E-state index contributed by atoms with van der Waals surface area (Å²) in [6.07, 6.45) is 7.59. The SMILES string of the molecule is CCNC(=O)NC(=O)CN1CCC[C@@H](C(=O)NC2CCCCC2)C1. The van der Waals surface area contributed by atoms with Crippen LogP contribution < -0.4 is 16.0 Å². The summed E-state index contributed by atoms with van der Waals surface area (Å²) in [4.78, 5) is 37.7. The van der Waals surface area contributed by atoms with Gasteiger partial charge < -0.3 is 10.6 Å². The van der Waals surface area contributed by atoms with E-state index in [0.717, 1.165) is 32.2 Å². The first kappa shape index (κ1) is 18.7. The van der Waals surface area contributed by atoms with Crippen molar-refractivity contribution in [2.45, 2.75) is 57.9 Å². The topological polar surface area (TPSA) is 90.5 Å². The molecule has 0 spiro atoms. The van der Waals surface area contributed by atoms with Crippen molar-refractivity contribution < 1.29 is 14.4 Å². The van der Waals surface area contributed by atoms with Gasteiger partial charge >= 0.3 is 6.03 Å². The Hall–Kier alpha value is -1.63. The van der Waals surface area contributed by atoms with Crippen LogP contribution in [0.4, 0.5) is 4.79 Å². The van der Waals surface area contributed by atoms with Crippen LogP contribution in [0.15, 0.2) is 0 Å². The van der Waals surface area contributed by atoms with Crippen LogP contribution >= 0.6 is 0 Å². The second-order valence-corrected chi connectivity index (χ2v) is 6.83. The van der Waals surface area contributed by atoms with Crippen LogP contribution in [-0.4, -0.2) is 55.0 Å². The summed E-state index contributed by atoms with van der Waals surface area (Å²) in [5, 5.41) is 8.02. The van der Waals surface area contributed by atoms with Crippen LogP contribution in [0.1, 0.15) is 51.9 Å². The lowest BCUT2D eigenvalue weighted by molar-refractivity contribution is -0.129. The second kappa shape index (κ2) is 9.61. The third kappa shape index (κ3) is 6.11. The maximum absolute atomic E-state index is 12.5. The van der Waals surface area contributed by atoms with E-state index in [-0.39, 0.29) is 24.3 Å². The highest BCUT2D eigenvalue weighted by molar-refractivity contribution is 5.95. The van der Waals surface area contributed by atoms with Crippen molar-refractivity contribution in [2.75, 3.05) is 26.2 Å². The van der Waals surface area contributed by atoms with Crippen molar-refractivity contribution in [2.24, 2.45) is 5.92 Å². The lowest BCUT2D eigenvalue weighted by atomic mass is 9.93. The van der Waals surface area contributed by atoms with E-state index < -0.39 is 6.03 Å². The van der Waals surface area contributed by atoms with Crippen LogP contribution in [0.5, 0.6) is 0 Å². The van der Waals surface area contributed by atoms with Gasteiger partial charge in [-0.25, -0.2) is 4.79 Å². The van der Waals surface area contributed by atoms with E-state index in [2.05, 4.69) is 16.0 Å². The van der Waals surface area contributed by atoms with Gasteiger partial charge in [0, 0.05) is 19.1 Å². The predicted molar refractivity (Wildman–Crippen MR) is 91.4 cm³/mol. The molecule has 1 saturated carbocycles. The van der Waals surface area contributed by atoms with Gasteiger partial charge in [-0.05, 0) is 39.2 Å². The van der Waals surface area contributed by atoms with Gasteiger partial charge in [-0.15, -0.1) is 0 Å². The maximum Gasteiger partial charge on any atom is 0.321 e. The number of likely N-dealkylation sites (tertiary alicyclic amines) is 1. The molecule has 2 rings (SSSR count). The van der Waals surface area contributed by atoms with Crippen molar-refractivity contribution in [3.63, 3.8) is 0 Å². The summed E-state index contributed by atoms with van der Waals surface area (Å²) in [5.41, 5.74) is 0. The molecule has 0 aromatic rings. The number of nitrogens with zero attached hydrogens (tertiary/aromatic N) is 1. The molecule has 2 aliphatic rings. The van der Waals surface area contributed by atoms with E-state index in [1.807, 2.05) is 4.90 Å². The summed E-state index contributed by atoms with van der Waals surface area (Å²) < 4.78 is 0. The average Bonchev–Trinajstić information content (AvgIpc) is 2.56. The summed E-state index contributed by atoms with van der Waals surface area (Å²) in [6.45, 7) is 3.80. The third-order valence-electron chi connectivity index (χ3n) is 4.79. The van der Waals surface area contributed by atoms with E-state index in [9.17, 15) is 14.4 Å². The Morgan fingerprint density at radius 2 is 1.79 bits per heavy atom. The number of carbonyl (C=O) groups excluding carboxylic acids is 3. The fourth-order valence-corrected chi connectivity index (χ4v) is 3.55. The minimum atomic E-state index is -0.467. The summed E-state index contributed by atoms with van der Waals surface area (Å²) >= 11 is 0. The monoisotopic (exact) mass is 338 g/mol. The molecule has 136 valence electrons. The van der Waals surface area contributed by atoms with Gasteiger partial charge in [-0.2, -0.15) is 0 Å². The Kier molecular flexibility index (Phi) is 7.49. The smallest absolute Gasteiger partial charge is 0.321 e. The van der Waals surface area contributed by atoms with E-state index in [4.69, 9.17) is 0 Å². The Balaban J connectivity index is 1.75. The Morgan fingerprint density at radius 3 is 2.50 bits per heavy atom. The molecule has 0 unspecified atom stereocenters. The first-order valence-electron chi connectivity index (χ1n) is 9.19. The molecule has 0 bridgehead atoms. The van der Waals surface area contributed by atoms with Gasteiger partial charge in [-0.3, -0.25) is 19.8 Å². The molecular formula is C17H30N4O3. The van der Waals surface area contributed by atoms with Crippen LogP contribution in [0.2, 0.25) is 0 Å². The molecule has 0 radical (unpaired) electrons. The van der Waals surface area contributed by atoms with Crippen molar-refractivity contribution in [1.82, 2.24) is 20.9 Å². The zero-order chi connectivity index (χ0) is 17.4. The number of piperidine rings is 1. The fraction of sp³-hybridized carbons (Fsp3) is 0.824. The molecule has 2 fully saturated rings. The zero-order valence-electron chi connectivity index (χ0n) is 14.6. The Morgan fingerprint density at radius 1 is 1.04 bits per heavy atom. The Labute approximate surface area is 143 Å². The van der Waals surface area contributed by atoms with Crippen molar-refractivity contribution in [1.29, 1.82) is 0 Å². The van der Waals surface area contributed by atoms with Crippen molar-refractivity contribution in [3.8, 4) is 0 Å². The van der Waals surface area contributed by atoms with Crippen LogP contribution in [-0.2, 0) is 9.59 Å². The molecule has 1 saturated heterocycles. The molecule has 7 nitrogen and oxygen atoms in total. The summed E-state index contributed by atoms with van der Waals surface area (Å²) in [5.74, 6) is -0.261. The van der Waals surface area contributed by atoms with Gasteiger partial charge in [0.05, 0.1) is 12.5 Å². The lowest BCUT2D eigenvalue weighted by Gasteiger charge is -2.33. The summed E-state index contributed by atoms with van der Waals surface area (Å²) in [7, 11) is 0. The minimum Gasteiger partial charge on any atom is -0.353 e. The van der Waals surface area contributed by atoms with E-state index in [0.29, 0.717) is 19.1 Å². The fourth-order valence-electron chi connectivity index (χ4n) is 3.55. The molecular weight excluding hydrogens is 308 g/mol. The molecule has 0 aromatic carbocycles. The number of rotatable bonds is 5. The normalized spacial score (nSPS) is 22.6. The molecule has 7 heteroatoms. The van der Waals surface area contributed by atoms with Gasteiger partial charge in [0.1, 0.15) is 0 Å². The van der Waals surface area contributed by atoms with Crippen molar-refractivity contribution >= 4 is 17.8 Å². The third-order valence-corrected chi connectivity index (χ3v) is 4.79. The standard InChI is InChI=1S/C17H30N4O3/c1-2-18-17(24)20-15(22)12-21-10-6-7-13(11-21)16(23)19-14-8-4-3-5-9-14/h13-14H,2-12H2,1H3,(H,19,23)(H2,18,20,22,24)/t13-/m1/s1. The first-order chi connectivity index (χ1) is 11.6. The highest BCUT2D eigenvalue weighted by Crippen LogP contribution is 2.20. The highest BCUT2D eigenvalue weighted by atomic mass is 16.2. The molecule has 4 amide bonds. The number of hydrogen-bond acceptors (Lipinski definition) is 4. The number of urea groups is 1. The van der Waals surface area contributed by atoms with E-state index in [1.54, 1.807) is 6.92 Å². The molecule has 0 aromatic heterocycles. The second-order valence-electron chi connectivity index (χ2n) is 6.83. The lowest BCUT2D eigenvalue weighted by Crippen LogP contribution is -2.50. The molecule has 1 aliphatic carbocycles. The number of imide groups is 1. The quantitative estimate of drug-likeness (QED) is 0.697. The molecule has 1 aliphatic heterocycles.